The average Bonchev–Trinajstić information content (AvgIpc) is 2.98. The van der Waals surface area contributed by atoms with Crippen LogP contribution >= 0.6 is 11.3 Å². The summed E-state index contributed by atoms with van der Waals surface area (Å²) in [5, 5.41) is 3.64. The van der Waals surface area contributed by atoms with Gasteiger partial charge in [-0.3, -0.25) is 4.79 Å². The van der Waals surface area contributed by atoms with Crippen molar-refractivity contribution >= 4 is 27.5 Å². The van der Waals surface area contributed by atoms with Crippen LogP contribution in [0, 0.1) is 0 Å². The number of amides is 1. The first-order valence-electron chi connectivity index (χ1n) is 7.17. The summed E-state index contributed by atoms with van der Waals surface area (Å²) in [6.45, 7) is 3.99. The van der Waals surface area contributed by atoms with Crippen molar-refractivity contribution in [3.8, 4) is 10.7 Å². The number of hydrogen-bond acceptors (Lipinski definition) is 5. The maximum atomic E-state index is 12.4. The van der Waals surface area contributed by atoms with Gasteiger partial charge in [0.2, 0.25) is 0 Å². The Morgan fingerprint density at radius 3 is 2.82 bits per heavy atom. The quantitative estimate of drug-likeness (QED) is 0.802. The van der Waals surface area contributed by atoms with Gasteiger partial charge in [0, 0.05) is 18.4 Å². The fraction of sp³-hybridized carbons (Fsp3) is 0.250. The van der Waals surface area contributed by atoms with Crippen molar-refractivity contribution < 1.29 is 4.79 Å². The molecule has 0 aliphatic rings. The predicted molar refractivity (Wildman–Crippen MR) is 87.9 cm³/mol. The molecule has 5 nitrogen and oxygen atoms in total. The number of nitrogens with one attached hydrogen (secondary N) is 1. The van der Waals surface area contributed by atoms with Gasteiger partial charge in [0.05, 0.1) is 10.2 Å². The first kappa shape index (κ1) is 14.6. The zero-order chi connectivity index (χ0) is 15.5. The molecule has 2 heterocycles. The molecule has 1 amide bonds. The second kappa shape index (κ2) is 6.19. The Kier molecular flexibility index (Phi) is 4.11. The van der Waals surface area contributed by atoms with Crippen LogP contribution < -0.4 is 5.32 Å². The smallest absolute Gasteiger partial charge is 0.272 e. The average molecular weight is 312 g/mol. The highest BCUT2D eigenvalue weighted by atomic mass is 32.1. The van der Waals surface area contributed by atoms with E-state index in [9.17, 15) is 4.79 Å². The van der Waals surface area contributed by atoms with Crippen molar-refractivity contribution in [2.24, 2.45) is 0 Å². The fourth-order valence-corrected chi connectivity index (χ4v) is 2.99. The molecule has 112 valence electrons. The number of fused-ring (bicyclic) bond motifs is 1. The predicted octanol–water partition coefficient (Wildman–Crippen LogP) is 3.28. The molecule has 22 heavy (non-hydrogen) atoms. The van der Waals surface area contributed by atoms with Crippen LogP contribution in [0.3, 0.4) is 0 Å². The summed E-state index contributed by atoms with van der Waals surface area (Å²) in [7, 11) is 0. The van der Waals surface area contributed by atoms with Gasteiger partial charge in [-0.1, -0.05) is 19.1 Å². The van der Waals surface area contributed by atoms with E-state index < -0.39 is 0 Å². The molecule has 1 aromatic carbocycles. The van der Waals surface area contributed by atoms with E-state index in [-0.39, 0.29) is 11.9 Å². The molecule has 2 aromatic heterocycles. The van der Waals surface area contributed by atoms with Gasteiger partial charge >= 0.3 is 0 Å². The van der Waals surface area contributed by atoms with Crippen LogP contribution in [0.4, 0.5) is 0 Å². The number of benzene rings is 1. The zero-order valence-electron chi connectivity index (χ0n) is 12.4. The molecule has 0 saturated carbocycles. The summed E-state index contributed by atoms with van der Waals surface area (Å²) in [5.41, 5.74) is 1.76. The summed E-state index contributed by atoms with van der Waals surface area (Å²) in [4.78, 5) is 25.5. The van der Waals surface area contributed by atoms with E-state index in [0.29, 0.717) is 16.4 Å². The lowest BCUT2D eigenvalue weighted by Gasteiger charge is -2.11. The minimum absolute atomic E-state index is 0.0951. The van der Waals surface area contributed by atoms with Crippen LogP contribution in [-0.2, 0) is 0 Å². The summed E-state index contributed by atoms with van der Waals surface area (Å²) in [5.74, 6) is -0.211. The molecular formula is C16H16N4OS. The third-order valence-electron chi connectivity index (χ3n) is 3.40. The van der Waals surface area contributed by atoms with Crippen LogP contribution in [0.15, 0.2) is 36.7 Å². The van der Waals surface area contributed by atoms with E-state index in [0.717, 1.165) is 16.6 Å². The fourth-order valence-electron chi connectivity index (χ4n) is 2.03. The molecule has 0 saturated heterocycles. The molecule has 0 unspecified atom stereocenters. The maximum Gasteiger partial charge on any atom is 0.272 e. The van der Waals surface area contributed by atoms with E-state index in [1.807, 2.05) is 38.1 Å². The SMILES string of the molecule is CC[C@H](C)NC(=O)c1nccnc1-c1nc2ccccc2s1. The molecular weight excluding hydrogens is 296 g/mol. The normalized spacial score (nSPS) is 12.3. The molecule has 0 spiro atoms. The second-order valence-electron chi connectivity index (χ2n) is 5.02. The van der Waals surface area contributed by atoms with Crippen molar-refractivity contribution in [3.63, 3.8) is 0 Å². The van der Waals surface area contributed by atoms with Gasteiger partial charge in [0.1, 0.15) is 10.7 Å². The number of carbonyl (C=O) groups excluding carboxylic acids is 1. The zero-order valence-corrected chi connectivity index (χ0v) is 13.2. The largest absolute Gasteiger partial charge is 0.348 e. The first-order chi connectivity index (χ1) is 10.7. The van der Waals surface area contributed by atoms with E-state index in [1.165, 1.54) is 17.5 Å². The van der Waals surface area contributed by atoms with Crippen LogP contribution in [0.25, 0.3) is 20.9 Å². The number of nitrogens with zero attached hydrogens (tertiary/aromatic N) is 3. The summed E-state index contributed by atoms with van der Waals surface area (Å²) in [6.07, 6.45) is 3.98. The van der Waals surface area contributed by atoms with Crippen molar-refractivity contribution in [1.82, 2.24) is 20.3 Å². The Labute approximate surface area is 132 Å². The van der Waals surface area contributed by atoms with Gasteiger partial charge < -0.3 is 5.32 Å². The monoisotopic (exact) mass is 312 g/mol. The number of aromatic nitrogens is 3. The van der Waals surface area contributed by atoms with Crippen molar-refractivity contribution in [2.45, 2.75) is 26.3 Å². The molecule has 3 aromatic rings. The minimum atomic E-state index is -0.211. The Morgan fingerprint density at radius 1 is 1.27 bits per heavy atom. The Hall–Kier alpha value is -2.34. The number of para-hydroxylation sites is 1. The highest BCUT2D eigenvalue weighted by Gasteiger charge is 2.19. The van der Waals surface area contributed by atoms with E-state index in [2.05, 4.69) is 20.3 Å². The topological polar surface area (TPSA) is 67.8 Å². The summed E-state index contributed by atoms with van der Waals surface area (Å²) >= 11 is 1.51. The molecule has 0 radical (unpaired) electrons. The Bertz CT molecular complexity index is 782. The van der Waals surface area contributed by atoms with Crippen molar-refractivity contribution in [3.05, 3.63) is 42.4 Å². The molecule has 0 bridgehead atoms. The summed E-state index contributed by atoms with van der Waals surface area (Å²) in [6, 6.07) is 7.96. The first-order valence-corrected chi connectivity index (χ1v) is 7.98. The van der Waals surface area contributed by atoms with Crippen LogP contribution in [-0.4, -0.2) is 26.9 Å². The number of carbonyl (C=O) groups is 1. The van der Waals surface area contributed by atoms with Crippen molar-refractivity contribution in [1.29, 1.82) is 0 Å². The van der Waals surface area contributed by atoms with Gasteiger partial charge in [-0.2, -0.15) is 0 Å². The molecule has 1 atom stereocenters. The van der Waals surface area contributed by atoms with Crippen molar-refractivity contribution in [2.75, 3.05) is 0 Å². The molecule has 1 N–H and O–H groups in total. The van der Waals surface area contributed by atoms with E-state index >= 15 is 0 Å². The van der Waals surface area contributed by atoms with Gasteiger partial charge in [-0.15, -0.1) is 11.3 Å². The third-order valence-corrected chi connectivity index (χ3v) is 4.44. The van der Waals surface area contributed by atoms with Crippen LogP contribution in [0.5, 0.6) is 0 Å². The molecule has 6 heteroatoms. The number of thiazole rings is 1. The lowest BCUT2D eigenvalue weighted by molar-refractivity contribution is 0.0934. The lowest BCUT2D eigenvalue weighted by Crippen LogP contribution is -2.33. The van der Waals surface area contributed by atoms with Crippen LogP contribution in [0.2, 0.25) is 0 Å². The minimum Gasteiger partial charge on any atom is -0.348 e. The molecule has 0 aliphatic heterocycles. The second-order valence-corrected chi connectivity index (χ2v) is 6.05. The highest BCUT2D eigenvalue weighted by Crippen LogP contribution is 2.29. The molecule has 0 aliphatic carbocycles. The van der Waals surface area contributed by atoms with Crippen LogP contribution in [0.1, 0.15) is 30.8 Å². The number of hydrogen-bond donors (Lipinski definition) is 1. The Balaban J connectivity index is 2.02. The molecule has 3 rings (SSSR count). The number of rotatable bonds is 4. The maximum absolute atomic E-state index is 12.4. The third kappa shape index (κ3) is 2.82. The Morgan fingerprint density at radius 2 is 2.05 bits per heavy atom. The van der Waals surface area contributed by atoms with Gasteiger partial charge in [-0.25, -0.2) is 15.0 Å². The van der Waals surface area contributed by atoms with Gasteiger partial charge in [0.15, 0.2) is 5.69 Å². The van der Waals surface area contributed by atoms with E-state index in [1.54, 1.807) is 6.20 Å². The van der Waals surface area contributed by atoms with E-state index in [4.69, 9.17) is 0 Å². The van der Waals surface area contributed by atoms with Gasteiger partial charge in [0.25, 0.3) is 5.91 Å². The van der Waals surface area contributed by atoms with Gasteiger partial charge in [-0.05, 0) is 25.5 Å². The standard InChI is InChI=1S/C16H16N4OS/c1-3-10(2)19-15(21)13-14(18-9-8-17-13)16-20-11-6-4-5-7-12(11)22-16/h4-10H,3H2,1-2H3,(H,19,21)/t10-/m0/s1. The lowest BCUT2D eigenvalue weighted by atomic mass is 10.2. The molecule has 0 fully saturated rings. The summed E-state index contributed by atoms with van der Waals surface area (Å²) < 4.78 is 1.07. The highest BCUT2D eigenvalue weighted by molar-refractivity contribution is 7.21.